The van der Waals surface area contributed by atoms with E-state index in [1.54, 1.807) is 6.21 Å². The van der Waals surface area contributed by atoms with Crippen LogP contribution in [0, 0.1) is 0 Å². The summed E-state index contributed by atoms with van der Waals surface area (Å²) in [4.78, 5) is 11.9. The van der Waals surface area contributed by atoms with Crippen LogP contribution in [0.2, 0.25) is 0 Å². The first-order valence-corrected chi connectivity index (χ1v) is 8.86. The van der Waals surface area contributed by atoms with E-state index in [0.29, 0.717) is 12.5 Å². The Bertz CT molecular complexity index is 724. The maximum Gasteiger partial charge on any atom is 0.277 e. The van der Waals surface area contributed by atoms with Crippen LogP contribution in [0.15, 0.2) is 53.6 Å². The number of hydrogen-bond acceptors (Lipinski definition) is 4. The largest absolute Gasteiger partial charge is 0.494 e. The number of hydrogen-bond donors (Lipinski definition) is 1. The third-order valence-electron chi connectivity index (χ3n) is 3.66. The number of rotatable bonds is 9. The lowest BCUT2D eigenvalue weighted by Crippen LogP contribution is -2.24. The van der Waals surface area contributed by atoms with Crippen LogP contribution in [0.5, 0.6) is 11.5 Å². The van der Waals surface area contributed by atoms with E-state index in [0.717, 1.165) is 29.0 Å². The zero-order chi connectivity index (χ0) is 18.8. The molecule has 0 unspecified atom stereocenters. The molecule has 0 aromatic heterocycles. The maximum absolute atomic E-state index is 11.9. The summed E-state index contributed by atoms with van der Waals surface area (Å²) in [6.45, 7) is 6.86. The quantitative estimate of drug-likeness (QED) is 0.544. The highest BCUT2D eigenvalue weighted by Gasteiger charge is 2.08. The van der Waals surface area contributed by atoms with Gasteiger partial charge in [-0.1, -0.05) is 39.0 Å². The number of ether oxygens (including phenoxy) is 2. The third-order valence-corrected chi connectivity index (χ3v) is 3.66. The van der Waals surface area contributed by atoms with Crippen LogP contribution in [0.3, 0.4) is 0 Å². The Morgan fingerprint density at radius 3 is 2.54 bits per heavy atom. The lowest BCUT2D eigenvalue weighted by atomic mass is 10.0. The molecular formula is C21H26N2O3. The first kappa shape index (κ1) is 19.5. The summed E-state index contributed by atoms with van der Waals surface area (Å²) in [7, 11) is 0. The van der Waals surface area contributed by atoms with E-state index >= 15 is 0 Å². The van der Waals surface area contributed by atoms with Gasteiger partial charge in [0.1, 0.15) is 11.5 Å². The van der Waals surface area contributed by atoms with E-state index in [-0.39, 0.29) is 12.5 Å². The molecule has 0 aliphatic carbocycles. The van der Waals surface area contributed by atoms with Gasteiger partial charge in [0.2, 0.25) is 0 Å². The van der Waals surface area contributed by atoms with Gasteiger partial charge in [-0.05, 0) is 53.8 Å². The van der Waals surface area contributed by atoms with Gasteiger partial charge in [-0.25, -0.2) is 5.43 Å². The molecule has 0 aliphatic heterocycles. The monoisotopic (exact) mass is 354 g/mol. The Kier molecular flexibility index (Phi) is 7.68. The molecule has 0 saturated carbocycles. The molecule has 0 saturated heterocycles. The molecule has 26 heavy (non-hydrogen) atoms. The third kappa shape index (κ3) is 6.24. The van der Waals surface area contributed by atoms with E-state index < -0.39 is 0 Å². The maximum atomic E-state index is 11.9. The van der Waals surface area contributed by atoms with Crippen molar-refractivity contribution in [3.05, 3.63) is 59.7 Å². The van der Waals surface area contributed by atoms with Gasteiger partial charge in [0, 0.05) is 0 Å². The predicted molar refractivity (Wildman–Crippen MR) is 104 cm³/mol. The molecule has 5 nitrogen and oxygen atoms in total. The Morgan fingerprint density at radius 1 is 1.12 bits per heavy atom. The van der Waals surface area contributed by atoms with Crippen LogP contribution in [-0.2, 0) is 4.79 Å². The van der Waals surface area contributed by atoms with Crippen molar-refractivity contribution in [1.82, 2.24) is 5.43 Å². The van der Waals surface area contributed by atoms with Gasteiger partial charge in [0.25, 0.3) is 5.91 Å². The van der Waals surface area contributed by atoms with Crippen molar-refractivity contribution in [1.29, 1.82) is 0 Å². The van der Waals surface area contributed by atoms with Crippen molar-refractivity contribution < 1.29 is 14.3 Å². The van der Waals surface area contributed by atoms with Crippen molar-refractivity contribution in [2.24, 2.45) is 5.10 Å². The summed E-state index contributed by atoms with van der Waals surface area (Å²) in [6, 6.07) is 15.3. The number of hydrazone groups is 1. The van der Waals surface area contributed by atoms with Crippen LogP contribution < -0.4 is 14.9 Å². The first-order valence-electron chi connectivity index (χ1n) is 8.86. The molecule has 0 aliphatic rings. The van der Waals surface area contributed by atoms with Gasteiger partial charge in [-0.15, -0.1) is 0 Å². The molecule has 2 aromatic carbocycles. The molecule has 2 rings (SSSR count). The summed E-state index contributed by atoms with van der Waals surface area (Å²) in [5.41, 5.74) is 4.43. The lowest BCUT2D eigenvalue weighted by molar-refractivity contribution is -0.123. The molecule has 0 heterocycles. The number of para-hydroxylation sites is 1. The minimum atomic E-state index is -0.303. The normalized spacial score (nSPS) is 10.9. The van der Waals surface area contributed by atoms with Crippen molar-refractivity contribution >= 4 is 12.1 Å². The zero-order valence-electron chi connectivity index (χ0n) is 15.6. The van der Waals surface area contributed by atoms with Crippen LogP contribution in [-0.4, -0.2) is 25.3 Å². The van der Waals surface area contributed by atoms with Gasteiger partial charge in [-0.2, -0.15) is 5.10 Å². The fourth-order valence-corrected chi connectivity index (χ4v) is 2.31. The van der Waals surface area contributed by atoms with Crippen molar-refractivity contribution in [2.75, 3.05) is 13.2 Å². The Labute approximate surface area is 155 Å². The minimum absolute atomic E-state index is 0.0785. The van der Waals surface area contributed by atoms with Gasteiger partial charge >= 0.3 is 0 Å². The van der Waals surface area contributed by atoms with E-state index in [2.05, 4.69) is 31.3 Å². The van der Waals surface area contributed by atoms with Gasteiger partial charge in [0.05, 0.1) is 12.8 Å². The van der Waals surface area contributed by atoms with E-state index in [1.165, 1.54) is 0 Å². The highest BCUT2D eigenvalue weighted by atomic mass is 16.5. The number of amides is 1. The Hall–Kier alpha value is -2.82. The molecule has 0 fully saturated rings. The number of carbonyl (C=O) groups is 1. The smallest absolute Gasteiger partial charge is 0.277 e. The number of carbonyl (C=O) groups excluding carboxylic acids is 1. The van der Waals surface area contributed by atoms with Crippen molar-refractivity contribution in [3.63, 3.8) is 0 Å². The Balaban J connectivity index is 1.80. The molecule has 0 spiro atoms. The molecule has 0 atom stereocenters. The summed E-state index contributed by atoms with van der Waals surface area (Å²) in [5.74, 6) is 1.58. The molecule has 2 aromatic rings. The zero-order valence-corrected chi connectivity index (χ0v) is 15.6. The van der Waals surface area contributed by atoms with Crippen LogP contribution in [0.4, 0.5) is 0 Å². The molecule has 5 heteroatoms. The number of nitrogens with one attached hydrogen (secondary N) is 1. The second-order valence-electron chi connectivity index (χ2n) is 6.19. The first-order chi connectivity index (χ1) is 12.6. The molecule has 1 amide bonds. The molecule has 138 valence electrons. The van der Waals surface area contributed by atoms with E-state index in [4.69, 9.17) is 9.47 Å². The topological polar surface area (TPSA) is 59.9 Å². The van der Waals surface area contributed by atoms with E-state index in [9.17, 15) is 4.79 Å². The molecule has 1 N–H and O–H groups in total. The van der Waals surface area contributed by atoms with Crippen molar-refractivity contribution in [2.45, 2.75) is 33.1 Å². The summed E-state index contributed by atoms with van der Waals surface area (Å²) < 4.78 is 11.1. The molecule has 0 radical (unpaired) electrons. The number of nitrogens with zero attached hydrogens (tertiary/aromatic N) is 1. The van der Waals surface area contributed by atoms with Crippen LogP contribution in [0.1, 0.15) is 44.2 Å². The predicted octanol–water partition coefficient (Wildman–Crippen LogP) is 4.13. The average Bonchev–Trinajstić information content (AvgIpc) is 2.66. The molecule has 0 bridgehead atoms. The standard InChI is InChI=1S/C21H26N2O3/c1-4-13-25-18-11-9-17(10-12-18)14-22-23-21(24)15-26-20-8-6-5-7-19(20)16(2)3/h5-12,14,16H,4,13,15H2,1-3H3,(H,23,24)/b22-14+. The minimum Gasteiger partial charge on any atom is -0.494 e. The van der Waals surface area contributed by atoms with Gasteiger partial charge in [-0.3, -0.25) is 4.79 Å². The van der Waals surface area contributed by atoms with Gasteiger partial charge in [0.15, 0.2) is 6.61 Å². The summed E-state index contributed by atoms with van der Waals surface area (Å²) in [5, 5.41) is 3.96. The van der Waals surface area contributed by atoms with Crippen LogP contribution in [0.25, 0.3) is 0 Å². The second-order valence-corrected chi connectivity index (χ2v) is 6.19. The Morgan fingerprint density at radius 2 is 1.85 bits per heavy atom. The SMILES string of the molecule is CCCOc1ccc(/C=N/NC(=O)COc2ccccc2C(C)C)cc1. The highest BCUT2D eigenvalue weighted by Crippen LogP contribution is 2.25. The summed E-state index contributed by atoms with van der Waals surface area (Å²) >= 11 is 0. The molecular weight excluding hydrogens is 328 g/mol. The van der Waals surface area contributed by atoms with Gasteiger partial charge < -0.3 is 9.47 Å². The average molecular weight is 354 g/mol. The number of benzene rings is 2. The fraction of sp³-hybridized carbons (Fsp3) is 0.333. The fourth-order valence-electron chi connectivity index (χ4n) is 2.31. The van der Waals surface area contributed by atoms with Crippen molar-refractivity contribution in [3.8, 4) is 11.5 Å². The van der Waals surface area contributed by atoms with Crippen LogP contribution >= 0.6 is 0 Å². The lowest BCUT2D eigenvalue weighted by Gasteiger charge is -2.12. The van der Waals surface area contributed by atoms with E-state index in [1.807, 2.05) is 48.5 Å². The second kappa shape index (κ2) is 10.2. The summed E-state index contributed by atoms with van der Waals surface area (Å²) in [6.07, 6.45) is 2.56. The highest BCUT2D eigenvalue weighted by molar-refractivity contribution is 5.83.